The summed E-state index contributed by atoms with van der Waals surface area (Å²) in [4.78, 5) is 10.3. The summed E-state index contributed by atoms with van der Waals surface area (Å²) in [5, 5.41) is 27.3. The van der Waals surface area contributed by atoms with E-state index in [9.17, 15) is 19.4 Å². The quantitative estimate of drug-likeness (QED) is 0.555. The van der Waals surface area contributed by atoms with E-state index >= 15 is 0 Å². The van der Waals surface area contributed by atoms with E-state index in [1.165, 1.54) is 18.2 Å². The zero-order valence-corrected chi connectivity index (χ0v) is 8.30. The van der Waals surface area contributed by atoms with Gasteiger partial charge in [-0.2, -0.15) is 0 Å². The molecule has 0 spiro atoms. The van der Waals surface area contributed by atoms with Gasteiger partial charge in [0.15, 0.2) is 5.82 Å². The van der Waals surface area contributed by atoms with Gasteiger partial charge in [0.1, 0.15) is 6.10 Å². The van der Waals surface area contributed by atoms with Crippen LogP contribution < -0.4 is 5.73 Å². The number of carboxylic acids is 1. The highest BCUT2D eigenvalue weighted by atomic mass is 19.1. The Morgan fingerprint density at radius 2 is 2.06 bits per heavy atom. The Kier molecular flexibility index (Phi) is 3.81. The van der Waals surface area contributed by atoms with Crippen LogP contribution in [0.25, 0.3) is 0 Å². The van der Waals surface area contributed by atoms with Crippen LogP contribution in [0, 0.1) is 5.82 Å². The van der Waals surface area contributed by atoms with E-state index in [0.717, 1.165) is 0 Å². The van der Waals surface area contributed by atoms with Crippen LogP contribution in [0.2, 0.25) is 0 Å². The molecule has 16 heavy (non-hydrogen) atoms. The predicted molar refractivity (Wildman–Crippen MR) is 54.0 cm³/mol. The Morgan fingerprint density at radius 1 is 1.44 bits per heavy atom. The smallest absolute Gasteiger partial charge is 0.306 e. The van der Waals surface area contributed by atoms with Crippen molar-refractivity contribution in [2.24, 2.45) is 0 Å². The van der Waals surface area contributed by atoms with Crippen molar-refractivity contribution < 1.29 is 24.5 Å². The number of carboxylic acid groups (broad SMARTS) is 1. The molecule has 88 valence electrons. The van der Waals surface area contributed by atoms with Crippen LogP contribution >= 0.6 is 0 Å². The molecule has 5 N–H and O–H groups in total. The van der Waals surface area contributed by atoms with E-state index in [2.05, 4.69) is 0 Å². The number of rotatable bonds is 4. The molecule has 0 saturated carbocycles. The van der Waals surface area contributed by atoms with E-state index in [1.54, 1.807) is 0 Å². The molecule has 2 unspecified atom stereocenters. The highest BCUT2D eigenvalue weighted by Gasteiger charge is 2.24. The third-order valence-corrected chi connectivity index (χ3v) is 2.13. The number of aliphatic carboxylic acids is 1. The molecular formula is C10H12FNO4. The monoisotopic (exact) mass is 229 g/mol. The van der Waals surface area contributed by atoms with Gasteiger partial charge in [0, 0.05) is 5.56 Å². The molecule has 0 amide bonds. The highest BCUT2D eigenvalue weighted by molar-refractivity contribution is 5.67. The van der Waals surface area contributed by atoms with Crippen LogP contribution in [0.3, 0.4) is 0 Å². The first-order valence-corrected chi connectivity index (χ1v) is 4.55. The lowest BCUT2D eigenvalue weighted by Gasteiger charge is -2.17. The molecule has 0 aromatic heterocycles. The molecule has 0 bridgehead atoms. The number of nitrogen functional groups attached to an aromatic ring is 1. The van der Waals surface area contributed by atoms with Gasteiger partial charge in [-0.15, -0.1) is 0 Å². The van der Waals surface area contributed by atoms with Crippen molar-refractivity contribution in [2.75, 3.05) is 5.73 Å². The molecular weight excluding hydrogens is 217 g/mol. The predicted octanol–water partition coefficient (Wildman–Crippen LogP) is 0.277. The molecule has 6 heteroatoms. The van der Waals surface area contributed by atoms with Gasteiger partial charge in [-0.25, -0.2) is 4.39 Å². The zero-order chi connectivity index (χ0) is 12.3. The fourth-order valence-corrected chi connectivity index (χ4v) is 1.29. The summed E-state index contributed by atoms with van der Waals surface area (Å²) in [6, 6.07) is 3.95. The molecule has 1 aromatic rings. The van der Waals surface area contributed by atoms with Crippen molar-refractivity contribution in [3.63, 3.8) is 0 Å². The van der Waals surface area contributed by atoms with Crippen LogP contribution in [0.4, 0.5) is 10.1 Å². The van der Waals surface area contributed by atoms with Crippen molar-refractivity contribution >= 4 is 11.7 Å². The molecule has 0 fully saturated rings. The number of benzene rings is 1. The molecule has 0 aliphatic heterocycles. The summed E-state index contributed by atoms with van der Waals surface area (Å²) < 4.78 is 13.4. The summed E-state index contributed by atoms with van der Waals surface area (Å²) in [7, 11) is 0. The van der Waals surface area contributed by atoms with Crippen LogP contribution in [-0.2, 0) is 4.79 Å². The SMILES string of the molecule is Nc1cccc(C(O)C(O)CC(=O)O)c1F. The lowest BCUT2D eigenvalue weighted by atomic mass is 10.0. The lowest BCUT2D eigenvalue weighted by Crippen LogP contribution is -2.22. The number of hydrogen-bond acceptors (Lipinski definition) is 4. The number of halogens is 1. The normalized spacial score (nSPS) is 14.4. The maximum absolute atomic E-state index is 13.4. The standard InChI is InChI=1S/C10H12FNO4/c11-9-5(2-1-3-6(9)12)10(16)7(13)4-8(14)15/h1-3,7,10,13,16H,4,12H2,(H,14,15). The summed E-state index contributed by atoms with van der Waals surface area (Å²) in [5.41, 5.74) is 4.89. The first-order valence-electron chi connectivity index (χ1n) is 4.55. The van der Waals surface area contributed by atoms with Gasteiger partial charge < -0.3 is 21.1 Å². The molecule has 1 aromatic carbocycles. The second-order valence-corrected chi connectivity index (χ2v) is 3.36. The Hall–Kier alpha value is -1.66. The average molecular weight is 229 g/mol. The number of aliphatic hydroxyl groups is 2. The minimum atomic E-state index is -1.61. The second kappa shape index (κ2) is 4.91. The Balaban J connectivity index is 2.91. The van der Waals surface area contributed by atoms with Gasteiger partial charge in [0.25, 0.3) is 0 Å². The molecule has 0 radical (unpaired) electrons. The third-order valence-electron chi connectivity index (χ3n) is 2.13. The fraction of sp³-hybridized carbons (Fsp3) is 0.300. The average Bonchev–Trinajstić information content (AvgIpc) is 2.20. The van der Waals surface area contributed by atoms with E-state index in [0.29, 0.717) is 0 Å². The molecule has 0 aliphatic rings. The minimum Gasteiger partial charge on any atom is -0.481 e. The summed E-state index contributed by atoms with van der Waals surface area (Å²) in [6.07, 6.45) is -3.86. The van der Waals surface area contributed by atoms with Gasteiger partial charge in [-0.1, -0.05) is 12.1 Å². The van der Waals surface area contributed by atoms with E-state index < -0.39 is 30.4 Å². The summed E-state index contributed by atoms with van der Waals surface area (Å²) in [5.74, 6) is -2.13. The van der Waals surface area contributed by atoms with Crippen molar-refractivity contribution in [1.29, 1.82) is 0 Å². The first-order chi connectivity index (χ1) is 7.43. The maximum atomic E-state index is 13.4. The van der Waals surface area contributed by atoms with Gasteiger partial charge >= 0.3 is 5.97 Å². The third kappa shape index (κ3) is 2.68. The number of carbonyl (C=O) groups is 1. The minimum absolute atomic E-state index is 0.168. The van der Waals surface area contributed by atoms with Crippen LogP contribution in [0.15, 0.2) is 18.2 Å². The Labute approximate surface area is 90.9 Å². The van der Waals surface area contributed by atoms with Gasteiger partial charge in [0.2, 0.25) is 0 Å². The number of hydrogen-bond donors (Lipinski definition) is 4. The van der Waals surface area contributed by atoms with E-state index in [1.807, 2.05) is 0 Å². The van der Waals surface area contributed by atoms with Crippen LogP contribution in [0.1, 0.15) is 18.1 Å². The summed E-state index contributed by atoms with van der Waals surface area (Å²) in [6.45, 7) is 0. The Morgan fingerprint density at radius 3 is 2.62 bits per heavy atom. The molecule has 0 saturated heterocycles. The highest BCUT2D eigenvalue weighted by Crippen LogP contribution is 2.24. The Bertz CT molecular complexity index is 396. The van der Waals surface area contributed by atoms with Crippen molar-refractivity contribution in [3.8, 4) is 0 Å². The largest absolute Gasteiger partial charge is 0.481 e. The number of anilines is 1. The number of aliphatic hydroxyl groups excluding tert-OH is 2. The molecule has 1 rings (SSSR count). The fourth-order valence-electron chi connectivity index (χ4n) is 1.29. The molecule has 2 atom stereocenters. The number of nitrogens with two attached hydrogens (primary N) is 1. The van der Waals surface area contributed by atoms with E-state index in [4.69, 9.17) is 10.8 Å². The van der Waals surface area contributed by atoms with E-state index in [-0.39, 0.29) is 11.3 Å². The van der Waals surface area contributed by atoms with Crippen molar-refractivity contribution in [1.82, 2.24) is 0 Å². The topological polar surface area (TPSA) is 104 Å². The molecule has 0 heterocycles. The van der Waals surface area contributed by atoms with Gasteiger partial charge in [0.05, 0.1) is 18.2 Å². The first kappa shape index (κ1) is 12.4. The lowest BCUT2D eigenvalue weighted by molar-refractivity contribution is -0.141. The van der Waals surface area contributed by atoms with Crippen LogP contribution in [0.5, 0.6) is 0 Å². The molecule has 0 aliphatic carbocycles. The maximum Gasteiger partial charge on any atom is 0.306 e. The summed E-state index contributed by atoms with van der Waals surface area (Å²) >= 11 is 0. The van der Waals surface area contributed by atoms with Crippen molar-refractivity contribution in [3.05, 3.63) is 29.6 Å². The molecule has 5 nitrogen and oxygen atoms in total. The van der Waals surface area contributed by atoms with Gasteiger partial charge in [-0.05, 0) is 6.07 Å². The van der Waals surface area contributed by atoms with Gasteiger partial charge in [-0.3, -0.25) is 4.79 Å². The van der Waals surface area contributed by atoms with Crippen molar-refractivity contribution in [2.45, 2.75) is 18.6 Å². The second-order valence-electron chi connectivity index (χ2n) is 3.36. The zero-order valence-electron chi connectivity index (χ0n) is 8.30. The van der Waals surface area contributed by atoms with Crippen LogP contribution in [-0.4, -0.2) is 27.4 Å².